The van der Waals surface area contributed by atoms with Crippen molar-refractivity contribution in [3.8, 4) is 0 Å². The fraction of sp³-hybridized carbons (Fsp3) is 0.125. The predicted octanol–water partition coefficient (Wildman–Crippen LogP) is 0.765. The maximum atomic E-state index is 10.7. The summed E-state index contributed by atoms with van der Waals surface area (Å²) in [6, 6.07) is 3.98. The number of anilines is 1. The Morgan fingerprint density at radius 2 is 2.29 bits per heavy atom. The molecule has 0 saturated heterocycles. The van der Waals surface area contributed by atoms with Crippen LogP contribution in [0.15, 0.2) is 18.2 Å². The van der Waals surface area contributed by atoms with Gasteiger partial charge in [0, 0.05) is 6.07 Å². The van der Waals surface area contributed by atoms with E-state index in [1.807, 2.05) is 0 Å². The quantitative estimate of drug-likeness (QED) is 0.411. The molecule has 6 nitrogen and oxygen atoms in total. The van der Waals surface area contributed by atoms with Crippen molar-refractivity contribution in [2.45, 2.75) is 6.04 Å². The zero-order chi connectivity index (χ0) is 10.1. The lowest BCUT2D eigenvalue weighted by Gasteiger charge is -2.01. The summed E-state index contributed by atoms with van der Waals surface area (Å²) in [5.74, 6) is 0. The molecule has 0 aliphatic carbocycles. The number of rotatable bonds is 2. The van der Waals surface area contributed by atoms with E-state index in [0.29, 0.717) is 17.5 Å². The summed E-state index contributed by atoms with van der Waals surface area (Å²) in [6.45, 7) is 0. The minimum atomic E-state index is -0.647. The number of nitro benzene ring substituents is 1. The van der Waals surface area contributed by atoms with Crippen molar-refractivity contribution in [3.05, 3.63) is 33.9 Å². The van der Waals surface area contributed by atoms with E-state index in [1.165, 1.54) is 6.07 Å². The van der Waals surface area contributed by atoms with Gasteiger partial charge in [-0.2, -0.15) is 0 Å². The first-order valence-corrected chi connectivity index (χ1v) is 3.98. The van der Waals surface area contributed by atoms with E-state index < -0.39 is 11.0 Å². The molecule has 14 heavy (non-hydrogen) atoms. The van der Waals surface area contributed by atoms with E-state index >= 15 is 0 Å². The average molecular weight is 193 g/mol. The first-order chi connectivity index (χ1) is 6.74. The van der Waals surface area contributed by atoms with Gasteiger partial charge in [0.1, 0.15) is 12.3 Å². The summed E-state index contributed by atoms with van der Waals surface area (Å²) in [7, 11) is 0. The number of nitrogens with zero attached hydrogens (tertiary/aromatic N) is 1. The van der Waals surface area contributed by atoms with Crippen molar-refractivity contribution in [3.63, 3.8) is 0 Å². The molecule has 0 amide bonds. The summed E-state index contributed by atoms with van der Waals surface area (Å²) < 4.78 is 0. The van der Waals surface area contributed by atoms with Gasteiger partial charge in [0.2, 0.25) is 0 Å². The topological polar surface area (TPSA) is 84.3 Å². The van der Waals surface area contributed by atoms with Gasteiger partial charge in [0.25, 0.3) is 5.69 Å². The lowest BCUT2D eigenvalue weighted by molar-refractivity contribution is -0.385. The largest absolute Gasteiger partial charge is 0.320 e. The van der Waals surface area contributed by atoms with Gasteiger partial charge >= 0.3 is 0 Å². The third-order valence-corrected chi connectivity index (χ3v) is 2.09. The first kappa shape index (κ1) is 8.64. The average Bonchev–Trinajstić information content (AvgIpc) is 2.59. The van der Waals surface area contributed by atoms with Crippen LogP contribution in [-0.2, 0) is 4.79 Å². The molecule has 1 unspecified atom stereocenters. The van der Waals surface area contributed by atoms with Crippen molar-refractivity contribution >= 4 is 17.7 Å². The van der Waals surface area contributed by atoms with Gasteiger partial charge in [-0.3, -0.25) is 10.1 Å². The van der Waals surface area contributed by atoms with Gasteiger partial charge in [-0.1, -0.05) is 6.07 Å². The first-order valence-electron chi connectivity index (χ1n) is 3.98. The van der Waals surface area contributed by atoms with Crippen LogP contribution in [0.4, 0.5) is 11.4 Å². The van der Waals surface area contributed by atoms with Crippen LogP contribution in [0.2, 0.25) is 0 Å². The zero-order valence-electron chi connectivity index (χ0n) is 7.06. The number of carbonyl (C=O) groups is 1. The molecule has 1 heterocycles. The van der Waals surface area contributed by atoms with Gasteiger partial charge in [0.05, 0.1) is 16.2 Å². The molecule has 72 valence electrons. The summed E-state index contributed by atoms with van der Waals surface area (Å²) in [4.78, 5) is 20.8. The lowest BCUT2D eigenvalue weighted by atomic mass is 10.1. The van der Waals surface area contributed by atoms with Crippen LogP contribution in [-0.4, -0.2) is 11.2 Å². The summed E-state index contributed by atoms with van der Waals surface area (Å²) in [5.41, 5.74) is 6.29. The SMILES string of the molecule is O=CC1NNc2cccc([N+](=O)[O-])c21. The summed E-state index contributed by atoms with van der Waals surface area (Å²) in [6.07, 6.45) is 0.631. The number of fused-ring (bicyclic) bond motifs is 1. The van der Waals surface area contributed by atoms with Gasteiger partial charge < -0.3 is 10.2 Å². The third kappa shape index (κ3) is 1.12. The van der Waals surface area contributed by atoms with Gasteiger partial charge in [-0.15, -0.1) is 0 Å². The maximum absolute atomic E-state index is 10.7. The standard InChI is InChI=1S/C8H7N3O3/c12-4-6-8-5(9-10-6)2-1-3-7(8)11(13)14/h1-4,6,9-10H. The molecular formula is C8H7N3O3. The molecule has 0 fully saturated rings. The van der Waals surface area contributed by atoms with Crippen LogP contribution in [0.1, 0.15) is 11.6 Å². The zero-order valence-corrected chi connectivity index (χ0v) is 7.06. The maximum Gasteiger partial charge on any atom is 0.276 e. The molecule has 2 N–H and O–H groups in total. The monoisotopic (exact) mass is 193 g/mol. The Morgan fingerprint density at radius 3 is 2.93 bits per heavy atom. The molecule has 2 rings (SSSR count). The number of nitro groups is 1. The van der Waals surface area contributed by atoms with E-state index in [2.05, 4.69) is 10.9 Å². The highest BCUT2D eigenvalue weighted by Crippen LogP contribution is 2.34. The Morgan fingerprint density at radius 1 is 1.50 bits per heavy atom. The second-order valence-corrected chi connectivity index (χ2v) is 2.88. The number of nitrogens with one attached hydrogen (secondary N) is 2. The Kier molecular flexibility index (Phi) is 1.90. The molecule has 0 saturated carbocycles. The van der Waals surface area contributed by atoms with Crippen LogP contribution in [0, 0.1) is 10.1 Å². The van der Waals surface area contributed by atoms with E-state index in [1.54, 1.807) is 12.1 Å². The number of benzene rings is 1. The Hall–Kier alpha value is -1.95. The molecule has 1 atom stereocenters. The Labute approximate surface area is 79.0 Å². The molecule has 1 aliphatic heterocycles. The fourth-order valence-corrected chi connectivity index (χ4v) is 1.48. The normalized spacial score (nSPS) is 18.4. The van der Waals surface area contributed by atoms with Crippen LogP contribution in [0.3, 0.4) is 0 Å². The third-order valence-electron chi connectivity index (χ3n) is 2.09. The van der Waals surface area contributed by atoms with Crippen LogP contribution in [0.25, 0.3) is 0 Å². The highest BCUT2D eigenvalue weighted by atomic mass is 16.6. The van der Waals surface area contributed by atoms with Gasteiger partial charge in [-0.05, 0) is 6.07 Å². The van der Waals surface area contributed by atoms with E-state index in [0.717, 1.165) is 0 Å². The molecule has 0 radical (unpaired) electrons. The molecule has 6 heteroatoms. The van der Waals surface area contributed by atoms with E-state index in [4.69, 9.17) is 0 Å². The smallest absolute Gasteiger partial charge is 0.276 e. The molecule has 1 aliphatic rings. The van der Waals surface area contributed by atoms with Crippen molar-refractivity contribution in [2.24, 2.45) is 0 Å². The summed E-state index contributed by atoms with van der Waals surface area (Å²) >= 11 is 0. The molecule has 0 spiro atoms. The van der Waals surface area contributed by atoms with Crippen molar-refractivity contribution < 1.29 is 9.72 Å². The van der Waals surface area contributed by atoms with Crippen LogP contribution in [0.5, 0.6) is 0 Å². The number of aldehydes is 1. The van der Waals surface area contributed by atoms with Crippen LogP contribution < -0.4 is 10.9 Å². The number of carbonyl (C=O) groups excluding carboxylic acids is 1. The lowest BCUT2D eigenvalue weighted by Crippen LogP contribution is -2.19. The fourth-order valence-electron chi connectivity index (χ4n) is 1.48. The van der Waals surface area contributed by atoms with Crippen molar-refractivity contribution in [1.82, 2.24) is 5.43 Å². The Bertz CT molecular complexity index is 405. The predicted molar refractivity (Wildman–Crippen MR) is 48.7 cm³/mol. The second kappa shape index (κ2) is 3.08. The Balaban J connectivity index is 2.59. The molecule has 1 aromatic carbocycles. The molecule has 0 bridgehead atoms. The number of hydrazine groups is 1. The highest BCUT2D eigenvalue weighted by Gasteiger charge is 2.29. The second-order valence-electron chi connectivity index (χ2n) is 2.88. The number of hydrogen-bond acceptors (Lipinski definition) is 5. The van der Waals surface area contributed by atoms with Gasteiger partial charge in [-0.25, -0.2) is 5.43 Å². The highest BCUT2D eigenvalue weighted by molar-refractivity contribution is 5.76. The van der Waals surface area contributed by atoms with E-state index in [9.17, 15) is 14.9 Å². The molecule has 0 aromatic heterocycles. The molecule has 1 aromatic rings. The minimum Gasteiger partial charge on any atom is -0.320 e. The number of hydrogen-bond donors (Lipinski definition) is 2. The van der Waals surface area contributed by atoms with Crippen molar-refractivity contribution in [2.75, 3.05) is 5.43 Å². The van der Waals surface area contributed by atoms with Crippen molar-refractivity contribution in [1.29, 1.82) is 0 Å². The van der Waals surface area contributed by atoms with Gasteiger partial charge in [0.15, 0.2) is 0 Å². The molecular weight excluding hydrogens is 186 g/mol. The van der Waals surface area contributed by atoms with E-state index in [-0.39, 0.29) is 5.69 Å². The minimum absolute atomic E-state index is 0.0444. The summed E-state index contributed by atoms with van der Waals surface area (Å²) in [5, 5.41) is 10.7. The van der Waals surface area contributed by atoms with Crippen LogP contribution >= 0.6 is 0 Å².